The van der Waals surface area contributed by atoms with Crippen LogP contribution < -0.4 is 0 Å². The van der Waals surface area contributed by atoms with Crippen molar-refractivity contribution in [2.75, 3.05) is 12.3 Å². The molecule has 2 heteroatoms. The van der Waals surface area contributed by atoms with E-state index in [2.05, 4.69) is 44.5 Å². The topological polar surface area (TPSA) is 0 Å². The fraction of sp³-hybridized carbons (Fsp3) is 0.385. The van der Waals surface area contributed by atoms with Gasteiger partial charge in [0.25, 0.3) is 0 Å². The van der Waals surface area contributed by atoms with Crippen LogP contribution >= 0.6 is 6.04 Å². The molecule has 0 aliphatic carbocycles. The lowest BCUT2D eigenvalue weighted by molar-refractivity contribution is 1.42. The third-order valence-electron chi connectivity index (χ3n) is 2.56. The van der Waals surface area contributed by atoms with Gasteiger partial charge in [-0.15, -0.1) is 0 Å². The number of hydrogen-bond donors (Lipinski definition) is 0. The number of hydrogen-bond acceptors (Lipinski definition) is 1. The second-order valence-electron chi connectivity index (χ2n) is 3.57. The fourth-order valence-electron chi connectivity index (χ4n) is 1.26. The van der Waals surface area contributed by atoms with E-state index in [0.717, 1.165) is 17.9 Å². The van der Waals surface area contributed by atoms with Gasteiger partial charge in [-0.05, 0) is 30.9 Å². The summed E-state index contributed by atoms with van der Waals surface area (Å²) in [4.78, 5) is 0. The van der Waals surface area contributed by atoms with Gasteiger partial charge in [-0.25, -0.2) is 0 Å². The molecule has 0 saturated heterocycles. The minimum Gasteiger partial charge on any atom is -0.0837 e. The molecular weight excluding hydrogens is 219 g/mol. The Hall–Kier alpha value is -0.570. The molecule has 1 aromatic carbocycles. The third-order valence-corrected chi connectivity index (χ3v) is 6.95. The molecule has 0 radical (unpaired) electrons. The Bertz CT molecular complexity index is 429. The SMILES string of the molecule is CCP(=S)(C#Cc1ccccc1C)CC. The van der Waals surface area contributed by atoms with Crippen molar-refractivity contribution in [1.29, 1.82) is 0 Å². The Labute approximate surface area is 98.1 Å². The lowest BCUT2D eigenvalue weighted by atomic mass is 10.1. The maximum atomic E-state index is 5.58. The van der Waals surface area contributed by atoms with Crippen LogP contribution in [0.3, 0.4) is 0 Å². The first kappa shape index (κ1) is 12.5. The second-order valence-corrected chi connectivity index (χ2v) is 8.94. The van der Waals surface area contributed by atoms with E-state index in [0.29, 0.717) is 0 Å². The highest BCUT2D eigenvalue weighted by Gasteiger charge is 2.06. The van der Waals surface area contributed by atoms with Crippen molar-refractivity contribution >= 4 is 17.8 Å². The van der Waals surface area contributed by atoms with Crippen LogP contribution in [0.25, 0.3) is 0 Å². The lowest BCUT2D eigenvalue weighted by Gasteiger charge is -2.08. The van der Waals surface area contributed by atoms with Crippen LogP contribution in [0.2, 0.25) is 0 Å². The summed E-state index contributed by atoms with van der Waals surface area (Å²) in [7, 11) is 0. The van der Waals surface area contributed by atoms with Crippen molar-refractivity contribution in [2.45, 2.75) is 20.8 Å². The van der Waals surface area contributed by atoms with Crippen molar-refractivity contribution in [3.63, 3.8) is 0 Å². The van der Waals surface area contributed by atoms with E-state index in [9.17, 15) is 0 Å². The monoisotopic (exact) mass is 236 g/mol. The Balaban J connectivity index is 3.01. The van der Waals surface area contributed by atoms with Crippen molar-refractivity contribution in [1.82, 2.24) is 0 Å². The summed E-state index contributed by atoms with van der Waals surface area (Å²) in [6.45, 7) is 6.39. The molecule has 0 aromatic heterocycles. The molecule has 0 fully saturated rings. The summed E-state index contributed by atoms with van der Waals surface area (Å²) < 4.78 is 0. The molecule has 0 amide bonds. The quantitative estimate of drug-likeness (QED) is 0.555. The predicted octanol–water partition coefficient (Wildman–Crippen LogP) is 3.82. The summed E-state index contributed by atoms with van der Waals surface area (Å²) in [5.41, 5.74) is 5.68. The average Bonchev–Trinajstić information content (AvgIpc) is 2.28. The predicted molar refractivity (Wildman–Crippen MR) is 73.4 cm³/mol. The van der Waals surface area contributed by atoms with Crippen LogP contribution in [0, 0.1) is 18.5 Å². The minimum absolute atomic E-state index is 1.04. The highest BCUT2D eigenvalue weighted by molar-refractivity contribution is 8.17. The van der Waals surface area contributed by atoms with Gasteiger partial charge in [0.2, 0.25) is 0 Å². The van der Waals surface area contributed by atoms with Crippen LogP contribution in [0.1, 0.15) is 25.0 Å². The smallest absolute Gasteiger partial charge is 0.0278 e. The van der Waals surface area contributed by atoms with E-state index >= 15 is 0 Å². The van der Waals surface area contributed by atoms with Crippen LogP contribution in [-0.4, -0.2) is 12.3 Å². The third kappa shape index (κ3) is 3.49. The molecule has 15 heavy (non-hydrogen) atoms. The van der Waals surface area contributed by atoms with E-state index in [1.165, 1.54) is 5.56 Å². The average molecular weight is 236 g/mol. The van der Waals surface area contributed by atoms with Crippen LogP contribution in [0.5, 0.6) is 0 Å². The van der Waals surface area contributed by atoms with Gasteiger partial charge in [-0.2, -0.15) is 0 Å². The van der Waals surface area contributed by atoms with Crippen molar-refractivity contribution in [3.05, 3.63) is 35.4 Å². The molecule has 1 rings (SSSR count). The van der Waals surface area contributed by atoms with Crippen molar-refractivity contribution < 1.29 is 0 Å². The van der Waals surface area contributed by atoms with Gasteiger partial charge in [0, 0.05) is 11.6 Å². The van der Waals surface area contributed by atoms with Gasteiger partial charge in [0.05, 0.1) is 0 Å². The number of rotatable bonds is 2. The summed E-state index contributed by atoms with van der Waals surface area (Å²) in [5.74, 6) is 3.25. The standard InChI is InChI=1S/C13H17PS/c1-4-14(15,5-2)11-10-13-9-7-6-8-12(13)3/h6-9H,4-5H2,1-3H3. The Morgan fingerprint density at radius 1 is 1.20 bits per heavy atom. The second kappa shape index (κ2) is 5.50. The first-order chi connectivity index (χ1) is 7.11. The Morgan fingerprint density at radius 2 is 1.80 bits per heavy atom. The summed E-state index contributed by atoms with van der Waals surface area (Å²) >= 11 is 5.58. The summed E-state index contributed by atoms with van der Waals surface area (Å²) in [5, 5.41) is 0. The molecule has 0 saturated carbocycles. The van der Waals surface area contributed by atoms with Gasteiger partial charge >= 0.3 is 0 Å². The molecule has 0 N–H and O–H groups in total. The molecule has 80 valence electrons. The van der Waals surface area contributed by atoms with Gasteiger partial charge in [0.15, 0.2) is 0 Å². The van der Waals surface area contributed by atoms with Gasteiger partial charge in [-0.1, -0.05) is 55.4 Å². The molecule has 0 heterocycles. The van der Waals surface area contributed by atoms with Crippen molar-refractivity contribution in [3.8, 4) is 11.6 Å². The van der Waals surface area contributed by atoms with Gasteiger partial charge in [-0.3, -0.25) is 0 Å². The van der Waals surface area contributed by atoms with Crippen LogP contribution in [0.15, 0.2) is 24.3 Å². The van der Waals surface area contributed by atoms with E-state index in [1.54, 1.807) is 0 Å². The molecule has 0 aliphatic rings. The van der Waals surface area contributed by atoms with E-state index in [1.807, 2.05) is 12.1 Å². The van der Waals surface area contributed by atoms with E-state index in [-0.39, 0.29) is 0 Å². The normalized spacial score (nSPS) is 10.6. The van der Waals surface area contributed by atoms with Crippen LogP contribution in [0.4, 0.5) is 0 Å². The van der Waals surface area contributed by atoms with Gasteiger partial charge in [0.1, 0.15) is 0 Å². The molecule has 0 spiro atoms. The molecule has 0 nitrogen and oxygen atoms in total. The van der Waals surface area contributed by atoms with Crippen LogP contribution in [-0.2, 0) is 11.8 Å². The Kier molecular flexibility index (Phi) is 4.58. The number of benzene rings is 1. The van der Waals surface area contributed by atoms with Gasteiger partial charge < -0.3 is 0 Å². The summed E-state index contributed by atoms with van der Waals surface area (Å²) in [6.07, 6.45) is 2.08. The molecule has 1 aromatic rings. The largest absolute Gasteiger partial charge is 0.0837 e. The van der Waals surface area contributed by atoms with E-state index < -0.39 is 6.04 Å². The zero-order valence-corrected chi connectivity index (χ0v) is 11.3. The number of aryl methyl sites for hydroxylation is 1. The zero-order chi connectivity index (χ0) is 11.3. The molecule has 0 atom stereocenters. The first-order valence-corrected chi connectivity index (χ1v) is 8.45. The summed E-state index contributed by atoms with van der Waals surface area (Å²) in [6, 6.07) is 6.82. The Morgan fingerprint density at radius 3 is 2.33 bits per heavy atom. The maximum absolute atomic E-state index is 5.58. The first-order valence-electron chi connectivity index (χ1n) is 5.28. The highest BCUT2D eigenvalue weighted by Crippen LogP contribution is 2.43. The highest BCUT2D eigenvalue weighted by atomic mass is 32.4. The maximum Gasteiger partial charge on any atom is 0.0278 e. The lowest BCUT2D eigenvalue weighted by Crippen LogP contribution is -1.86. The molecule has 0 bridgehead atoms. The minimum atomic E-state index is -1.39. The molecule has 0 aliphatic heterocycles. The zero-order valence-electron chi connectivity index (χ0n) is 9.58. The molecule has 0 unspecified atom stereocenters. The molecular formula is C13H17PS. The van der Waals surface area contributed by atoms with Crippen molar-refractivity contribution in [2.24, 2.45) is 0 Å². The fourth-order valence-corrected chi connectivity index (χ4v) is 2.48. The van der Waals surface area contributed by atoms with E-state index in [4.69, 9.17) is 11.8 Å².